The van der Waals surface area contributed by atoms with Crippen LogP contribution in [0.15, 0.2) is 48.5 Å². The maximum Gasteiger partial charge on any atom is 0.313 e. The lowest BCUT2D eigenvalue weighted by Crippen LogP contribution is -2.31. The minimum atomic E-state index is -0.455. The molecule has 0 bridgehead atoms. The number of ether oxygens (including phenoxy) is 2. The van der Waals surface area contributed by atoms with Crippen LogP contribution in [0.3, 0.4) is 0 Å². The number of para-hydroxylation sites is 1. The average molecular weight is 346 g/mol. The Bertz CT molecular complexity index is 748. The zero-order valence-electron chi connectivity index (χ0n) is 12.8. The summed E-state index contributed by atoms with van der Waals surface area (Å²) in [5, 5.41) is 3.25. The second-order valence-corrected chi connectivity index (χ2v) is 5.92. The van der Waals surface area contributed by atoms with Gasteiger partial charge >= 0.3 is 5.97 Å². The Labute approximate surface area is 144 Å². The fraction of sp³-hybridized carbons (Fsp3) is 0.222. The number of esters is 1. The Hall–Kier alpha value is -2.53. The predicted molar refractivity (Wildman–Crippen MR) is 90.2 cm³/mol. The first kappa shape index (κ1) is 16.3. The van der Waals surface area contributed by atoms with E-state index in [1.807, 2.05) is 18.2 Å². The summed E-state index contributed by atoms with van der Waals surface area (Å²) in [4.78, 5) is 23.9. The van der Waals surface area contributed by atoms with Crippen LogP contribution in [0, 0.1) is 5.92 Å². The van der Waals surface area contributed by atoms with Crippen molar-refractivity contribution in [2.24, 2.45) is 5.92 Å². The van der Waals surface area contributed by atoms with Crippen molar-refractivity contribution in [2.45, 2.75) is 6.42 Å². The number of hydrogen-bond donors (Lipinski definition) is 1. The first-order valence-corrected chi connectivity index (χ1v) is 7.92. The number of rotatable bonds is 4. The van der Waals surface area contributed by atoms with E-state index in [9.17, 15) is 9.59 Å². The molecule has 5 nitrogen and oxygen atoms in total. The third-order valence-corrected chi connectivity index (χ3v) is 3.90. The molecule has 6 heteroatoms. The maximum atomic E-state index is 12.1. The number of halogens is 1. The molecule has 1 aliphatic heterocycles. The molecule has 0 aromatic heterocycles. The summed E-state index contributed by atoms with van der Waals surface area (Å²) in [5.74, 6) is -0.552. The molecule has 1 atom stereocenters. The van der Waals surface area contributed by atoms with Gasteiger partial charge < -0.3 is 14.8 Å². The van der Waals surface area contributed by atoms with Gasteiger partial charge in [-0.25, -0.2) is 0 Å². The van der Waals surface area contributed by atoms with Crippen molar-refractivity contribution >= 4 is 29.2 Å². The number of carbonyl (C=O) groups is 2. The number of hydrogen-bond acceptors (Lipinski definition) is 4. The van der Waals surface area contributed by atoms with E-state index in [-0.39, 0.29) is 19.1 Å². The van der Waals surface area contributed by atoms with Crippen molar-refractivity contribution in [3.05, 3.63) is 59.1 Å². The Balaban J connectivity index is 1.51. The third kappa shape index (κ3) is 4.06. The van der Waals surface area contributed by atoms with Crippen LogP contribution < -0.4 is 10.1 Å². The van der Waals surface area contributed by atoms with E-state index in [0.717, 1.165) is 11.3 Å². The van der Waals surface area contributed by atoms with Gasteiger partial charge in [0.1, 0.15) is 12.4 Å². The molecule has 1 heterocycles. The molecule has 0 spiro atoms. The second-order valence-electron chi connectivity index (χ2n) is 5.49. The molecule has 0 aliphatic carbocycles. The van der Waals surface area contributed by atoms with Gasteiger partial charge in [0.25, 0.3) is 5.91 Å². The highest BCUT2D eigenvalue weighted by Gasteiger charge is 2.27. The molecule has 1 N–H and O–H groups in total. The van der Waals surface area contributed by atoms with E-state index in [1.165, 1.54) is 0 Å². The lowest BCUT2D eigenvalue weighted by molar-refractivity contribution is -0.152. The van der Waals surface area contributed by atoms with Crippen LogP contribution in [0.2, 0.25) is 5.02 Å². The Morgan fingerprint density at radius 1 is 1.21 bits per heavy atom. The molecule has 1 aliphatic rings. The van der Waals surface area contributed by atoms with Crippen molar-refractivity contribution in [3.63, 3.8) is 0 Å². The molecule has 0 saturated heterocycles. The van der Waals surface area contributed by atoms with Crippen LogP contribution >= 0.6 is 11.6 Å². The monoisotopic (exact) mass is 345 g/mol. The van der Waals surface area contributed by atoms with Gasteiger partial charge in [-0.1, -0.05) is 29.8 Å². The molecule has 2 aromatic rings. The highest BCUT2D eigenvalue weighted by atomic mass is 35.5. The van der Waals surface area contributed by atoms with Gasteiger partial charge in [0, 0.05) is 10.7 Å². The Morgan fingerprint density at radius 2 is 2.00 bits per heavy atom. The van der Waals surface area contributed by atoms with E-state index in [4.69, 9.17) is 21.1 Å². The first-order valence-electron chi connectivity index (χ1n) is 7.54. The first-order chi connectivity index (χ1) is 11.6. The van der Waals surface area contributed by atoms with Crippen molar-refractivity contribution < 1.29 is 19.1 Å². The largest absolute Gasteiger partial charge is 0.492 e. The average Bonchev–Trinajstić information content (AvgIpc) is 2.60. The highest BCUT2D eigenvalue weighted by Crippen LogP contribution is 2.30. The van der Waals surface area contributed by atoms with E-state index in [2.05, 4.69) is 5.32 Å². The van der Waals surface area contributed by atoms with E-state index in [1.54, 1.807) is 30.3 Å². The molecule has 1 unspecified atom stereocenters. The van der Waals surface area contributed by atoms with E-state index >= 15 is 0 Å². The van der Waals surface area contributed by atoms with Gasteiger partial charge in [-0.2, -0.15) is 0 Å². The molecule has 0 radical (unpaired) electrons. The number of nitrogens with one attached hydrogen (secondary N) is 1. The minimum Gasteiger partial charge on any atom is -0.492 e. The van der Waals surface area contributed by atoms with Gasteiger partial charge in [-0.05, 0) is 42.3 Å². The van der Waals surface area contributed by atoms with E-state index in [0.29, 0.717) is 17.1 Å². The number of amides is 1. The number of carbonyl (C=O) groups excluding carboxylic acids is 2. The standard InChI is InChI=1S/C18H16ClNO4/c19-14-6-7-16-12(9-14)8-13(10-23-16)18(22)24-11-17(21)20-15-4-2-1-3-5-15/h1-7,9,13H,8,10-11H2,(H,20,21). The number of anilines is 1. The third-order valence-electron chi connectivity index (χ3n) is 3.67. The van der Waals surface area contributed by atoms with Gasteiger partial charge in [0.2, 0.25) is 0 Å². The molecule has 124 valence electrons. The zero-order valence-corrected chi connectivity index (χ0v) is 13.6. The normalized spacial score (nSPS) is 15.8. The predicted octanol–water partition coefficient (Wildman–Crippen LogP) is 3.07. The molecule has 2 aromatic carbocycles. The topological polar surface area (TPSA) is 64.6 Å². The van der Waals surface area contributed by atoms with Gasteiger partial charge in [0.05, 0.1) is 5.92 Å². The molecule has 0 saturated carbocycles. The lowest BCUT2D eigenvalue weighted by Gasteiger charge is -2.24. The minimum absolute atomic E-state index is 0.230. The van der Waals surface area contributed by atoms with Crippen LogP contribution in [-0.2, 0) is 20.7 Å². The smallest absolute Gasteiger partial charge is 0.313 e. The van der Waals surface area contributed by atoms with Crippen molar-refractivity contribution in [1.29, 1.82) is 0 Å². The molecule has 3 rings (SSSR count). The summed E-state index contributed by atoms with van der Waals surface area (Å²) in [6, 6.07) is 14.3. The molecule has 0 fully saturated rings. The van der Waals surface area contributed by atoms with Gasteiger partial charge in [-0.3, -0.25) is 9.59 Å². The zero-order chi connectivity index (χ0) is 16.9. The summed E-state index contributed by atoms with van der Waals surface area (Å²) < 4.78 is 10.7. The summed E-state index contributed by atoms with van der Waals surface area (Å²) >= 11 is 5.96. The van der Waals surface area contributed by atoms with Crippen molar-refractivity contribution in [3.8, 4) is 5.75 Å². The van der Waals surface area contributed by atoms with Crippen molar-refractivity contribution in [2.75, 3.05) is 18.5 Å². The van der Waals surface area contributed by atoms with Gasteiger partial charge in [0.15, 0.2) is 6.61 Å². The van der Waals surface area contributed by atoms with Crippen LogP contribution in [0.25, 0.3) is 0 Å². The van der Waals surface area contributed by atoms with Crippen LogP contribution in [0.5, 0.6) is 5.75 Å². The summed E-state index contributed by atoms with van der Waals surface area (Å²) in [7, 11) is 0. The Kier molecular flexibility index (Phi) is 5.01. The van der Waals surface area contributed by atoms with Crippen LogP contribution in [0.1, 0.15) is 5.56 Å². The van der Waals surface area contributed by atoms with Crippen molar-refractivity contribution in [1.82, 2.24) is 0 Å². The maximum absolute atomic E-state index is 12.1. The molecular weight excluding hydrogens is 330 g/mol. The second kappa shape index (κ2) is 7.36. The highest BCUT2D eigenvalue weighted by molar-refractivity contribution is 6.30. The van der Waals surface area contributed by atoms with Crippen LogP contribution in [0.4, 0.5) is 5.69 Å². The molecule has 1 amide bonds. The number of fused-ring (bicyclic) bond motifs is 1. The van der Waals surface area contributed by atoms with Crippen LogP contribution in [-0.4, -0.2) is 25.1 Å². The molecular formula is C18H16ClNO4. The quantitative estimate of drug-likeness (QED) is 0.865. The summed E-state index contributed by atoms with van der Waals surface area (Å²) in [6.07, 6.45) is 0.481. The number of benzene rings is 2. The Morgan fingerprint density at radius 3 is 2.79 bits per heavy atom. The molecule has 24 heavy (non-hydrogen) atoms. The SMILES string of the molecule is O=C(COC(=O)C1COc2ccc(Cl)cc2C1)Nc1ccccc1. The lowest BCUT2D eigenvalue weighted by atomic mass is 9.97. The fourth-order valence-electron chi connectivity index (χ4n) is 2.49. The summed E-state index contributed by atoms with van der Waals surface area (Å²) in [5.41, 5.74) is 1.52. The fourth-order valence-corrected chi connectivity index (χ4v) is 2.68. The van der Waals surface area contributed by atoms with Gasteiger partial charge in [-0.15, -0.1) is 0 Å². The van der Waals surface area contributed by atoms with E-state index < -0.39 is 11.9 Å². The summed E-state index contributed by atoms with van der Waals surface area (Å²) in [6.45, 7) is -0.0968.